The summed E-state index contributed by atoms with van der Waals surface area (Å²) in [6.45, 7) is 5.79. The second kappa shape index (κ2) is 11.8. The van der Waals surface area contributed by atoms with Gasteiger partial charge in [0.05, 0.1) is 11.4 Å². The molecule has 1 aliphatic rings. The number of rotatable bonds is 10. The number of benzene rings is 1. The van der Waals surface area contributed by atoms with Crippen LogP contribution >= 0.6 is 24.0 Å². The molecule has 26 heavy (non-hydrogen) atoms. The number of nitrogens with one attached hydrogen (secondary N) is 2. The number of guanidine groups is 1. The Morgan fingerprint density at radius 2 is 1.92 bits per heavy atom. The van der Waals surface area contributed by atoms with Gasteiger partial charge < -0.3 is 15.4 Å². The summed E-state index contributed by atoms with van der Waals surface area (Å²) in [6.07, 6.45) is 4.79. The third-order valence-electron chi connectivity index (χ3n) is 3.92. The molecule has 1 aliphatic carbocycles. The Morgan fingerprint density at radius 3 is 2.50 bits per heavy atom. The molecule has 2 N–H and O–H groups in total. The van der Waals surface area contributed by atoms with Gasteiger partial charge in [0.15, 0.2) is 15.8 Å². The van der Waals surface area contributed by atoms with Crippen LogP contribution in [-0.2, 0) is 21.1 Å². The number of ether oxygens (including phenoxy) is 1. The molecule has 0 aliphatic heterocycles. The van der Waals surface area contributed by atoms with E-state index in [2.05, 4.69) is 15.6 Å². The molecular formula is C18H30IN3O3S. The summed E-state index contributed by atoms with van der Waals surface area (Å²) >= 11 is 0. The molecule has 0 unspecified atom stereocenters. The lowest BCUT2D eigenvalue weighted by molar-refractivity contribution is 0.123. The van der Waals surface area contributed by atoms with E-state index >= 15 is 0 Å². The van der Waals surface area contributed by atoms with Crippen molar-refractivity contribution in [2.45, 2.75) is 37.6 Å². The molecule has 1 saturated carbocycles. The molecule has 0 bridgehead atoms. The van der Waals surface area contributed by atoms with Crippen LogP contribution < -0.4 is 10.6 Å². The summed E-state index contributed by atoms with van der Waals surface area (Å²) in [5, 5.41) is 6.50. The predicted octanol–water partition coefficient (Wildman–Crippen LogP) is 2.58. The lowest BCUT2D eigenvalue weighted by atomic mass is 10.2. The average molecular weight is 495 g/mol. The van der Waals surface area contributed by atoms with Crippen LogP contribution in [0.4, 0.5) is 0 Å². The Bertz CT molecular complexity index is 659. The van der Waals surface area contributed by atoms with Crippen LogP contribution in [0.2, 0.25) is 0 Å². The minimum Gasteiger partial charge on any atom is -0.381 e. The lowest BCUT2D eigenvalue weighted by Gasteiger charge is -2.11. The maximum Gasteiger partial charge on any atom is 0.191 e. The highest BCUT2D eigenvalue weighted by atomic mass is 127. The molecule has 1 aromatic rings. The first kappa shape index (κ1) is 23.2. The van der Waals surface area contributed by atoms with Gasteiger partial charge in [-0.25, -0.2) is 13.4 Å². The van der Waals surface area contributed by atoms with E-state index in [0.29, 0.717) is 11.4 Å². The molecule has 0 saturated heterocycles. The number of hydrogen-bond donors (Lipinski definition) is 2. The molecule has 0 heterocycles. The van der Waals surface area contributed by atoms with Crippen LogP contribution in [0.3, 0.4) is 0 Å². The summed E-state index contributed by atoms with van der Waals surface area (Å²) < 4.78 is 28.6. The van der Waals surface area contributed by atoms with Crippen molar-refractivity contribution in [3.05, 3.63) is 29.8 Å². The van der Waals surface area contributed by atoms with Crippen LogP contribution in [0.25, 0.3) is 0 Å². The van der Waals surface area contributed by atoms with Crippen LogP contribution in [0.5, 0.6) is 0 Å². The van der Waals surface area contributed by atoms with Gasteiger partial charge in [-0.3, -0.25) is 0 Å². The number of sulfone groups is 1. The first-order valence-electron chi connectivity index (χ1n) is 8.88. The van der Waals surface area contributed by atoms with E-state index in [1.54, 1.807) is 24.3 Å². The molecule has 6 nitrogen and oxygen atoms in total. The van der Waals surface area contributed by atoms with E-state index in [1.165, 1.54) is 19.1 Å². The summed E-state index contributed by atoms with van der Waals surface area (Å²) in [6, 6.07) is 6.85. The smallest absolute Gasteiger partial charge is 0.191 e. The number of halogens is 1. The van der Waals surface area contributed by atoms with Gasteiger partial charge in [-0.05, 0) is 49.8 Å². The highest BCUT2D eigenvalue weighted by Gasteiger charge is 2.20. The Kier molecular flexibility index (Phi) is 10.5. The van der Waals surface area contributed by atoms with Crippen molar-refractivity contribution in [2.24, 2.45) is 10.9 Å². The van der Waals surface area contributed by atoms with E-state index in [9.17, 15) is 8.42 Å². The van der Waals surface area contributed by atoms with Crippen LogP contribution in [0.15, 0.2) is 34.2 Å². The Hall–Kier alpha value is -0.870. The van der Waals surface area contributed by atoms with Gasteiger partial charge in [-0.15, -0.1) is 24.0 Å². The Balaban J connectivity index is 0.00000338. The molecule has 0 aromatic heterocycles. The number of aliphatic imine (C=N–C) groups is 1. The maximum absolute atomic E-state index is 11.5. The highest BCUT2D eigenvalue weighted by Crippen LogP contribution is 2.28. The Labute approximate surface area is 174 Å². The van der Waals surface area contributed by atoms with Crippen LogP contribution in [0, 0.1) is 5.92 Å². The maximum atomic E-state index is 11.5. The predicted molar refractivity (Wildman–Crippen MR) is 116 cm³/mol. The molecule has 148 valence electrons. The summed E-state index contributed by atoms with van der Waals surface area (Å²) in [5.41, 5.74) is 0.970. The van der Waals surface area contributed by atoms with Gasteiger partial charge in [0, 0.05) is 32.6 Å². The van der Waals surface area contributed by atoms with Crippen molar-refractivity contribution < 1.29 is 13.2 Å². The molecule has 0 atom stereocenters. The molecule has 0 spiro atoms. The summed E-state index contributed by atoms with van der Waals surface area (Å²) in [5.74, 6) is 1.57. The first-order valence-corrected chi connectivity index (χ1v) is 10.8. The highest BCUT2D eigenvalue weighted by molar-refractivity contribution is 14.0. The zero-order valence-corrected chi connectivity index (χ0v) is 18.7. The van der Waals surface area contributed by atoms with Gasteiger partial charge >= 0.3 is 0 Å². The first-order chi connectivity index (χ1) is 12.0. The van der Waals surface area contributed by atoms with Gasteiger partial charge in [0.25, 0.3) is 0 Å². The molecule has 0 amide bonds. The minimum absolute atomic E-state index is 0. The van der Waals surface area contributed by atoms with Gasteiger partial charge in [-0.2, -0.15) is 0 Å². The van der Waals surface area contributed by atoms with Gasteiger partial charge in [0.2, 0.25) is 0 Å². The lowest BCUT2D eigenvalue weighted by Crippen LogP contribution is -2.38. The number of hydrogen-bond acceptors (Lipinski definition) is 4. The van der Waals surface area contributed by atoms with Crippen molar-refractivity contribution >= 4 is 39.8 Å². The van der Waals surface area contributed by atoms with E-state index in [-0.39, 0.29) is 24.0 Å². The normalized spacial score (nSPS) is 14.6. The monoisotopic (exact) mass is 495 g/mol. The van der Waals surface area contributed by atoms with Gasteiger partial charge in [-0.1, -0.05) is 12.1 Å². The van der Waals surface area contributed by atoms with Crippen molar-refractivity contribution in [1.82, 2.24) is 10.6 Å². The van der Waals surface area contributed by atoms with E-state index in [1.807, 2.05) is 6.92 Å². The van der Waals surface area contributed by atoms with Crippen molar-refractivity contribution in [1.29, 1.82) is 0 Å². The average Bonchev–Trinajstić information content (AvgIpc) is 3.39. The molecular weight excluding hydrogens is 465 g/mol. The van der Waals surface area contributed by atoms with Gasteiger partial charge in [0.1, 0.15) is 0 Å². The zero-order valence-electron chi connectivity index (χ0n) is 15.5. The van der Waals surface area contributed by atoms with E-state index in [0.717, 1.165) is 50.2 Å². The van der Waals surface area contributed by atoms with Crippen molar-refractivity contribution in [3.8, 4) is 0 Å². The fourth-order valence-electron chi connectivity index (χ4n) is 2.27. The standard InChI is InChI=1S/C18H29N3O3S.HI/c1-3-19-18(20-11-4-12-24-14-16-5-6-16)21-13-15-7-9-17(10-8-15)25(2,22)23;/h7-10,16H,3-6,11-14H2,1-2H3,(H2,19,20,21);1H. The molecule has 1 fully saturated rings. The second-order valence-electron chi connectivity index (χ2n) is 6.41. The third kappa shape index (κ3) is 9.18. The summed E-state index contributed by atoms with van der Waals surface area (Å²) in [4.78, 5) is 4.87. The largest absolute Gasteiger partial charge is 0.381 e. The molecule has 0 radical (unpaired) electrons. The quantitative estimate of drug-likeness (QED) is 0.226. The van der Waals surface area contributed by atoms with Crippen LogP contribution in [0.1, 0.15) is 31.7 Å². The van der Waals surface area contributed by atoms with Crippen LogP contribution in [-0.4, -0.2) is 46.9 Å². The van der Waals surface area contributed by atoms with Crippen molar-refractivity contribution in [2.75, 3.05) is 32.6 Å². The molecule has 8 heteroatoms. The minimum atomic E-state index is -3.15. The SMILES string of the molecule is CCNC(=NCc1ccc(S(C)(=O)=O)cc1)NCCCOCC1CC1.I. The zero-order chi connectivity index (χ0) is 18.1. The Morgan fingerprint density at radius 1 is 1.23 bits per heavy atom. The summed E-state index contributed by atoms with van der Waals surface area (Å²) in [7, 11) is -3.15. The third-order valence-corrected chi connectivity index (χ3v) is 5.05. The molecule has 2 rings (SSSR count). The fourth-order valence-corrected chi connectivity index (χ4v) is 2.90. The fraction of sp³-hybridized carbons (Fsp3) is 0.611. The molecule has 1 aromatic carbocycles. The topological polar surface area (TPSA) is 79.8 Å². The van der Waals surface area contributed by atoms with E-state index in [4.69, 9.17) is 4.74 Å². The van der Waals surface area contributed by atoms with Crippen molar-refractivity contribution in [3.63, 3.8) is 0 Å². The van der Waals surface area contributed by atoms with E-state index < -0.39 is 9.84 Å². The second-order valence-corrected chi connectivity index (χ2v) is 8.43. The number of nitrogens with zero attached hydrogens (tertiary/aromatic N) is 1.